The van der Waals surface area contributed by atoms with Crippen LogP contribution in [0.5, 0.6) is 0 Å². The van der Waals surface area contributed by atoms with Crippen LogP contribution in [-0.4, -0.2) is 42.8 Å². The summed E-state index contributed by atoms with van der Waals surface area (Å²) in [6.45, 7) is 0.595. The normalized spacial score (nSPS) is 21.9. The van der Waals surface area contributed by atoms with E-state index in [0.29, 0.717) is 24.3 Å². The minimum atomic E-state index is -0.304. The van der Waals surface area contributed by atoms with Gasteiger partial charge in [-0.2, -0.15) is 0 Å². The van der Waals surface area contributed by atoms with Gasteiger partial charge in [0.2, 0.25) is 5.91 Å². The highest BCUT2D eigenvalue weighted by molar-refractivity contribution is 8.07. The molecular weight excluding hydrogens is 290 g/mol. The van der Waals surface area contributed by atoms with Gasteiger partial charge in [0.05, 0.1) is 18.1 Å². The van der Waals surface area contributed by atoms with Gasteiger partial charge in [-0.1, -0.05) is 23.9 Å². The SMILES string of the molecule is COC(=O)C1=CCC=C(CCCN2C(=O)CCC2C=O)S1. The highest BCUT2D eigenvalue weighted by Gasteiger charge is 2.29. The summed E-state index contributed by atoms with van der Waals surface area (Å²) in [6.07, 6.45) is 8.22. The minimum Gasteiger partial charge on any atom is -0.465 e. The van der Waals surface area contributed by atoms with Gasteiger partial charge in [-0.3, -0.25) is 4.79 Å². The van der Waals surface area contributed by atoms with Crippen LogP contribution in [0.15, 0.2) is 22.0 Å². The average Bonchev–Trinajstić information content (AvgIpc) is 2.87. The lowest BCUT2D eigenvalue weighted by molar-refractivity contribution is -0.135. The zero-order valence-corrected chi connectivity index (χ0v) is 12.9. The van der Waals surface area contributed by atoms with Gasteiger partial charge in [0.15, 0.2) is 0 Å². The smallest absolute Gasteiger partial charge is 0.344 e. The van der Waals surface area contributed by atoms with Crippen molar-refractivity contribution in [1.29, 1.82) is 0 Å². The van der Waals surface area contributed by atoms with Gasteiger partial charge >= 0.3 is 5.97 Å². The first kappa shape index (κ1) is 15.8. The number of amides is 1. The minimum absolute atomic E-state index is 0.0625. The van der Waals surface area contributed by atoms with Crippen LogP contribution in [0.25, 0.3) is 0 Å². The summed E-state index contributed by atoms with van der Waals surface area (Å²) in [5.41, 5.74) is 0. The summed E-state index contributed by atoms with van der Waals surface area (Å²) in [5, 5.41) is 0. The number of ether oxygens (including phenoxy) is 1. The van der Waals surface area contributed by atoms with Crippen molar-refractivity contribution in [3.05, 3.63) is 22.0 Å². The Balaban J connectivity index is 1.79. The van der Waals surface area contributed by atoms with Crippen molar-refractivity contribution in [3.63, 3.8) is 0 Å². The monoisotopic (exact) mass is 309 g/mol. The molecule has 0 spiro atoms. The first-order valence-corrected chi connectivity index (χ1v) is 7.87. The van der Waals surface area contributed by atoms with Gasteiger partial charge in [0, 0.05) is 13.0 Å². The van der Waals surface area contributed by atoms with Crippen molar-refractivity contribution in [2.75, 3.05) is 13.7 Å². The Hall–Kier alpha value is -1.56. The molecule has 0 aromatic heterocycles. The molecule has 6 heteroatoms. The van der Waals surface area contributed by atoms with Crippen LogP contribution in [0.2, 0.25) is 0 Å². The highest BCUT2D eigenvalue weighted by atomic mass is 32.2. The number of methoxy groups -OCH3 is 1. The molecule has 2 heterocycles. The maximum Gasteiger partial charge on any atom is 0.344 e. The van der Waals surface area contributed by atoms with Gasteiger partial charge in [-0.15, -0.1) is 0 Å². The number of aldehydes is 1. The van der Waals surface area contributed by atoms with Gasteiger partial charge in [0.25, 0.3) is 0 Å². The zero-order chi connectivity index (χ0) is 15.2. The van der Waals surface area contributed by atoms with E-state index in [1.807, 2.05) is 6.08 Å². The number of carbonyl (C=O) groups is 3. The molecule has 114 valence electrons. The Labute approximate surface area is 128 Å². The lowest BCUT2D eigenvalue weighted by Gasteiger charge is -2.21. The van der Waals surface area contributed by atoms with E-state index in [2.05, 4.69) is 6.08 Å². The van der Waals surface area contributed by atoms with Crippen LogP contribution in [0.4, 0.5) is 0 Å². The van der Waals surface area contributed by atoms with Crippen LogP contribution in [0.3, 0.4) is 0 Å². The number of likely N-dealkylation sites (tertiary alicyclic amines) is 1. The fourth-order valence-corrected chi connectivity index (χ4v) is 3.57. The Kier molecular flexibility index (Phi) is 5.61. The Morgan fingerprint density at radius 2 is 2.33 bits per heavy atom. The summed E-state index contributed by atoms with van der Waals surface area (Å²) in [7, 11) is 1.38. The van der Waals surface area contributed by atoms with Crippen molar-refractivity contribution in [1.82, 2.24) is 4.90 Å². The predicted octanol–water partition coefficient (Wildman–Crippen LogP) is 2.03. The number of hydrogen-bond donors (Lipinski definition) is 0. The van der Waals surface area contributed by atoms with Crippen LogP contribution in [0.1, 0.15) is 32.1 Å². The number of allylic oxidation sites excluding steroid dienone is 3. The first-order valence-electron chi connectivity index (χ1n) is 7.06. The third kappa shape index (κ3) is 3.97. The maximum atomic E-state index is 11.7. The largest absolute Gasteiger partial charge is 0.465 e. The number of thioether (sulfide) groups is 1. The van der Waals surface area contributed by atoms with Crippen LogP contribution in [0, 0.1) is 0 Å². The summed E-state index contributed by atoms with van der Waals surface area (Å²) in [6, 6.07) is -0.254. The summed E-state index contributed by atoms with van der Waals surface area (Å²) < 4.78 is 4.72. The zero-order valence-electron chi connectivity index (χ0n) is 12.0. The topological polar surface area (TPSA) is 63.7 Å². The lowest BCUT2D eigenvalue weighted by atomic mass is 10.2. The first-order chi connectivity index (χ1) is 10.2. The summed E-state index contributed by atoms with van der Waals surface area (Å²) in [4.78, 5) is 37.5. The fourth-order valence-electron chi connectivity index (χ4n) is 2.51. The molecule has 0 radical (unpaired) electrons. The van der Waals surface area contributed by atoms with Crippen LogP contribution >= 0.6 is 11.8 Å². The molecule has 5 nitrogen and oxygen atoms in total. The molecule has 0 aromatic rings. The van der Waals surface area contributed by atoms with Crippen molar-refractivity contribution in [3.8, 4) is 0 Å². The van der Waals surface area contributed by atoms with E-state index in [1.54, 1.807) is 4.90 Å². The average molecular weight is 309 g/mol. The van der Waals surface area contributed by atoms with Gasteiger partial charge < -0.3 is 14.4 Å². The second-order valence-corrected chi connectivity index (χ2v) is 6.17. The van der Waals surface area contributed by atoms with E-state index < -0.39 is 0 Å². The number of carbonyl (C=O) groups excluding carboxylic acids is 3. The van der Waals surface area contributed by atoms with Crippen molar-refractivity contribution in [2.24, 2.45) is 0 Å². The molecule has 0 saturated carbocycles. The fraction of sp³-hybridized carbons (Fsp3) is 0.533. The number of hydrogen-bond acceptors (Lipinski definition) is 5. The summed E-state index contributed by atoms with van der Waals surface area (Å²) >= 11 is 1.43. The van der Waals surface area contributed by atoms with E-state index in [0.717, 1.165) is 30.5 Å². The van der Waals surface area contributed by atoms with Gasteiger partial charge in [0.1, 0.15) is 6.29 Å². The summed E-state index contributed by atoms with van der Waals surface area (Å²) in [5.74, 6) is -0.242. The quantitative estimate of drug-likeness (QED) is 0.555. The van der Waals surface area contributed by atoms with Gasteiger partial charge in [-0.05, 0) is 30.6 Å². The third-order valence-electron chi connectivity index (χ3n) is 3.63. The molecule has 0 aliphatic carbocycles. The molecule has 2 rings (SSSR count). The molecule has 1 fully saturated rings. The predicted molar refractivity (Wildman–Crippen MR) is 80.4 cm³/mol. The number of rotatable bonds is 6. The van der Waals surface area contributed by atoms with Crippen molar-refractivity contribution < 1.29 is 19.1 Å². The van der Waals surface area contributed by atoms with Gasteiger partial charge in [-0.25, -0.2) is 4.79 Å². The molecule has 1 amide bonds. The molecule has 1 unspecified atom stereocenters. The van der Waals surface area contributed by atoms with E-state index in [9.17, 15) is 14.4 Å². The Morgan fingerprint density at radius 3 is 3.05 bits per heavy atom. The molecule has 1 atom stereocenters. The second-order valence-electron chi connectivity index (χ2n) is 5.00. The Morgan fingerprint density at radius 1 is 1.52 bits per heavy atom. The van der Waals surface area contributed by atoms with Crippen molar-refractivity contribution >= 4 is 29.9 Å². The van der Waals surface area contributed by atoms with E-state index in [-0.39, 0.29) is 17.9 Å². The van der Waals surface area contributed by atoms with E-state index in [1.165, 1.54) is 18.9 Å². The molecule has 0 N–H and O–H groups in total. The standard InChI is InChI=1S/C15H19NO4S/c1-20-15(19)13-6-2-4-12(21-13)5-3-9-16-11(10-17)7-8-14(16)18/h4,6,10-11H,2-3,5,7-9H2,1H3. The molecule has 21 heavy (non-hydrogen) atoms. The molecule has 2 aliphatic rings. The lowest BCUT2D eigenvalue weighted by Crippen LogP contribution is -2.34. The van der Waals surface area contributed by atoms with E-state index in [4.69, 9.17) is 4.74 Å². The third-order valence-corrected chi connectivity index (χ3v) is 4.82. The molecule has 1 saturated heterocycles. The highest BCUT2D eigenvalue weighted by Crippen LogP contribution is 2.34. The van der Waals surface area contributed by atoms with E-state index >= 15 is 0 Å². The molecule has 0 aromatic carbocycles. The Bertz CT molecular complexity index is 498. The van der Waals surface area contributed by atoms with Crippen LogP contribution < -0.4 is 0 Å². The molecular formula is C15H19NO4S. The molecule has 2 aliphatic heterocycles. The number of nitrogens with zero attached hydrogens (tertiary/aromatic N) is 1. The number of esters is 1. The van der Waals surface area contributed by atoms with Crippen LogP contribution in [-0.2, 0) is 19.1 Å². The molecule has 0 bridgehead atoms. The van der Waals surface area contributed by atoms with Crippen molar-refractivity contribution in [2.45, 2.75) is 38.1 Å². The maximum absolute atomic E-state index is 11.7. The second kappa shape index (κ2) is 7.45.